The Morgan fingerprint density at radius 3 is 2.45 bits per heavy atom. The van der Waals surface area contributed by atoms with Crippen LogP contribution in [0.25, 0.3) is 11.1 Å². The van der Waals surface area contributed by atoms with Crippen LogP contribution in [-0.2, 0) is 6.18 Å². The van der Waals surface area contributed by atoms with E-state index in [2.05, 4.69) is 4.98 Å². The number of pyridine rings is 1. The van der Waals surface area contributed by atoms with Crippen molar-refractivity contribution in [2.24, 2.45) is 0 Å². The highest BCUT2D eigenvalue weighted by molar-refractivity contribution is 5.75. The molecule has 0 aliphatic carbocycles. The number of alkyl halides is 3. The van der Waals surface area contributed by atoms with Gasteiger partial charge in [0.25, 0.3) is 0 Å². The number of carbonyl (C=O) groups excluding carboxylic acids is 1. The Bertz CT molecular complexity index is 621. The number of hydrogen-bond acceptors (Lipinski definition) is 3. The maximum Gasteiger partial charge on any atom is 0.416 e. The second-order valence-electron chi connectivity index (χ2n) is 4.00. The van der Waals surface area contributed by atoms with Gasteiger partial charge >= 0.3 is 6.18 Å². The van der Waals surface area contributed by atoms with E-state index in [0.29, 0.717) is 17.4 Å². The first-order chi connectivity index (χ1) is 9.45. The van der Waals surface area contributed by atoms with Crippen molar-refractivity contribution in [1.29, 1.82) is 0 Å². The third-order valence-corrected chi connectivity index (χ3v) is 2.75. The van der Waals surface area contributed by atoms with E-state index in [9.17, 15) is 18.0 Å². The van der Waals surface area contributed by atoms with Gasteiger partial charge in [0.05, 0.1) is 12.7 Å². The van der Waals surface area contributed by atoms with Crippen LogP contribution in [0.3, 0.4) is 0 Å². The molecule has 0 bridgehead atoms. The minimum atomic E-state index is -4.43. The summed E-state index contributed by atoms with van der Waals surface area (Å²) in [6.07, 6.45) is -2.42. The normalized spacial score (nSPS) is 11.2. The molecule has 0 saturated heterocycles. The van der Waals surface area contributed by atoms with Crippen molar-refractivity contribution >= 4 is 6.29 Å². The van der Waals surface area contributed by atoms with Gasteiger partial charge in [-0.25, -0.2) is 0 Å². The molecule has 2 aromatic rings. The number of benzene rings is 1. The third-order valence-electron chi connectivity index (χ3n) is 2.75. The van der Waals surface area contributed by atoms with Crippen LogP contribution in [0, 0.1) is 0 Å². The van der Waals surface area contributed by atoms with Gasteiger partial charge in [-0.3, -0.25) is 9.78 Å². The number of methoxy groups -OCH3 is 1. The molecule has 0 aliphatic heterocycles. The van der Waals surface area contributed by atoms with Crippen molar-refractivity contribution in [1.82, 2.24) is 4.98 Å². The highest BCUT2D eigenvalue weighted by Gasteiger charge is 2.31. The molecule has 0 atom stereocenters. The van der Waals surface area contributed by atoms with Gasteiger partial charge in [0.1, 0.15) is 11.4 Å². The molecular formula is C14H10F3NO2. The zero-order valence-electron chi connectivity index (χ0n) is 10.4. The van der Waals surface area contributed by atoms with Gasteiger partial charge in [-0.05, 0) is 24.3 Å². The summed E-state index contributed by atoms with van der Waals surface area (Å²) in [5.41, 5.74) is 0.516. The van der Waals surface area contributed by atoms with Crippen molar-refractivity contribution in [3.8, 4) is 16.9 Å². The van der Waals surface area contributed by atoms with Crippen LogP contribution in [0.5, 0.6) is 5.75 Å². The van der Waals surface area contributed by atoms with E-state index in [1.807, 2.05) is 0 Å². The van der Waals surface area contributed by atoms with Crippen LogP contribution in [0.15, 0.2) is 36.5 Å². The fourth-order valence-electron chi connectivity index (χ4n) is 1.74. The monoisotopic (exact) mass is 281 g/mol. The summed E-state index contributed by atoms with van der Waals surface area (Å²) in [7, 11) is 1.30. The Morgan fingerprint density at radius 2 is 1.95 bits per heavy atom. The number of ether oxygens (including phenoxy) is 1. The van der Waals surface area contributed by atoms with Crippen molar-refractivity contribution < 1.29 is 22.7 Å². The minimum absolute atomic E-state index is 0.0977. The second-order valence-corrected chi connectivity index (χ2v) is 4.00. The molecule has 0 saturated carbocycles. The smallest absolute Gasteiger partial charge is 0.416 e. The Morgan fingerprint density at radius 1 is 1.20 bits per heavy atom. The van der Waals surface area contributed by atoms with Crippen LogP contribution in [0.4, 0.5) is 13.2 Å². The Labute approximate surface area is 113 Å². The maximum absolute atomic E-state index is 12.6. The summed E-state index contributed by atoms with van der Waals surface area (Å²) in [4.78, 5) is 14.4. The summed E-state index contributed by atoms with van der Waals surface area (Å²) < 4.78 is 42.9. The lowest BCUT2D eigenvalue weighted by atomic mass is 10.0. The topological polar surface area (TPSA) is 39.2 Å². The number of hydrogen-bond donors (Lipinski definition) is 0. The van der Waals surface area contributed by atoms with Gasteiger partial charge in [-0.15, -0.1) is 0 Å². The first kappa shape index (κ1) is 14.0. The molecule has 1 heterocycles. The molecule has 0 spiro atoms. The summed E-state index contributed by atoms with van der Waals surface area (Å²) in [6, 6.07) is 6.31. The van der Waals surface area contributed by atoms with E-state index in [0.717, 1.165) is 12.1 Å². The fraction of sp³-hybridized carbons (Fsp3) is 0.143. The van der Waals surface area contributed by atoms with E-state index in [4.69, 9.17) is 4.74 Å². The Balaban J connectivity index is 2.48. The standard InChI is InChI=1S/C14H10F3NO2/c1-20-13-6-10(14(15,16)17)3-5-12(13)9-2-4-11(8-19)18-7-9/h2-8H,1H3. The average molecular weight is 281 g/mol. The second kappa shape index (κ2) is 5.32. The van der Waals surface area contributed by atoms with E-state index in [1.165, 1.54) is 25.4 Å². The van der Waals surface area contributed by atoms with Crippen LogP contribution in [-0.4, -0.2) is 18.4 Å². The fourth-order valence-corrected chi connectivity index (χ4v) is 1.74. The van der Waals surface area contributed by atoms with Gasteiger partial charge in [0.15, 0.2) is 6.29 Å². The molecule has 0 unspecified atom stereocenters. The zero-order valence-corrected chi connectivity index (χ0v) is 10.4. The van der Waals surface area contributed by atoms with E-state index < -0.39 is 11.7 Å². The Hall–Kier alpha value is -2.37. The molecule has 20 heavy (non-hydrogen) atoms. The molecule has 104 valence electrons. The maximum atomic E-state index is 12.6. The van der Waals surface area contributed by atoms with Crippen LogP contribution >= 0.6 is 0 Å². The van der Waals surface area contributed by atoms with Gasteiger partial charge in [-0.2, -0.15) is 13.2 Å². The molecule has 3 nitrogen and oxygen atoms in total. The largest absolute Gasteiger partial charge is 0.496 e. The number of halogens is 3. The lowest BCUT2D eigenvalue weighted by Gasteiger charge is -2.12. The molecule has 1 aromatic heterocycles. The Kier molecular flexibility index (Phi) is 3.74. The number of aldehydes is 1. The van der Waals surface area contributed by atoms with Gasteiger partial charge in [-0.1, -0.05) is 6.07 Å². The molecular weight excluding hydrogens is 271 g/mol. The molecule has 0 amide bonds. The SMILES string of the molecule is COc1cc(C(F)(F)F)ccc1-c1ccc(C=O)nc1. The van der Waals surface area contributed by atoms with Crippen molar-refractivity contribution in [3.63, 3.8) is 0 Å². The highest BCUT2D eigenvalue weighted by atomic mass is 19.4. The molecule has 6 heteroatoms. The summed E-state index contributed by atoms with van der Waals surface area (Å²) in [5, 5.41) is 0. The first-order valence-corrected chi connectivity index (χ1v) is 5.62. The molecule has 1 aromatic carbocycles. The third kappa shape index (κ3) is 2.79. The van der Waals surface area contributed by atoms with Crippen molar-refractivity contribution in [2.75, 3.05) is 7.11 Å². The minimum Gasteiger partial charge on any atom is -0.496 e. The highest BCUT2D eigenvalue weighted by Crippen LogP contribution is 2.36. The summed E-state index contributed by atoms with van der Waals surface area (Å²) in [5.74, 6) is 0.0977. The number of carbonyl (C=O) groups is 1. The number of aromatic nitrogens is 1. The summed E-state index contributed by atoms with van der Waals surface area (Å²) in [6.45, 7) is 0. The van der Waals surface area contributed by atoms with Gasteiger partial charge in [0, 0.05) is 17.3 Å². The van der Waals surface area contributed by atoms with Crippen LogP contribution in [0.1, 0.15) is 16.1 Å². The first-order valence-electron chi connectivity index (χ1n) is 5.62. The predicted molar refractivity (Wildman–Crippen MR) is 66.6 cm³/mol. The quantitative estimate of drug-likeness (QED) is 0.807. The molecule has 2 rings (SSSR count). The van der Waals surface area contributed by atoms with Crippen LogP contribution in [0.2, 0.25) is 0 Å². The summed E-state index contributed by atoms with van der Waals surface area (Å²) >= 11 is 0. The van der Waals surface area contributed by atoms with E-state index >= 15 is 0 Å². The van der Waals surface area contributed by atoms with Gasteiger partial charge < -0.3 is 4.74 Å². The van der Waals surface area contributed by atoms with Gasteiger partial charge in [0.2, 0.25) is 0 Å². The molecule has 0 N–H and O–H groups in total. The molecule has 0 fully saturated rings. The predicted octanol–water partition coefficient (Wildman–Crippen LogP) is 3.59. The van der Waals surface area contributed by atoms with Crippen LogP contribution < -0.4 is 4.74 Å². The lowest BCUT2D eigenvalue weighted by molar-refractivity contribution is -0.137. The molecule has 0 aliphatic rings. The van der Waals surface area contributed by atoms with E-state index in [1.54, 1.807) is 6.07 Å². The van der Waals surface area contributed by atoms with Crippen molar-refractivity contribution in [3.05, 3.63) is 47.8 Å². The number of rotatable bonds is 3. The average Bonchev–Trinajstić information content (AvgIpc) is 2.45. The van der Waals surface area contributed by atoms with E-state index in [-0.39, 0.29) is 11.4 Å². The molecule has 0 radical (unpaired) electrons. The van der Waals surface area contributed by atoms with Crippen molar-refractivity contribution in [2.45, 2.75) is 6.18 Å². The zero-order chi connectivity index (χ0) is 14.8. The number of nitrogens with zero attached hydrogens (tertiary/aromatic N) is 1. The lowest BCUT2D eigenvalue weighted by Crippen LogP contribution is -2.05.